The Morgan fingerprint density at radius 2 is 2.03 bits per heavy atom. The molecule has 2 saturated carbocycles. The van der Waals surface area contributed by atoms with Crippen LogP contribution in [0.1, 0.15) is 83.4 Å². The number of carbonyl (C=O) groups is 1. The summed E-state index contributed by atoms with van der Waals surface area (Å²) in [7, 11) is 0. The minimum absolute atomic E-state index is 0.0258. The standard InChI is InChI=1S/C30H44N2O5/c1-16(2)24(28(35)37-29(3,4)5)31-21-9-8-20-22-13-18-12-19(15-33)25(34)26-23(18)30(20,27(21)36-26)10-11-32(22)14-17-6-7-17/h12,16-17,20-22,24,27,31,33-34H,6-11,13-15H2,1-5H3/t20-,21?,22+,24?,27?,30-/m0/s1. The van der Waals surface area contributed by atoms with Crippen LogP contribution in [-0.2, 0) is 28.0 Å². The Balaban J connectivity index is 1.37. The van der Waals surface area contributed by atoms with E-state index in [2.05, 4.69) is 24.1 Å². The van der Waals surface area contributed by atoms with Gasteiger partial charge in [0.2, 0.25) is 0 Å². The second-order valence-electron chi connectivity index (χ2n) is 13.7. The van der Waals surface area contributed by atoms with Gasteiger partial charge in [0.1, 0.15) is 17.7 Å². The molecule has 37 heavy (non-hydrogen) atoms. The zero-order valence-electron chi connectivity index (χ0n) is 23.0. The van der Waals surface area contributed by atoms with Crippen LogP contribution < -0.4 is 10.1 Å². The van der Waals surface area contributed by atoms with Crippen LogP contribution in [0.4, 0.5) is 0 Å². The van der Waals surface area contributed by atoms with E-state index in [-0.39, 0.29) is 41.8 Å². The van der Waals surface area contributed by atoms with Gasteiger partial charge < -0.3 is 19.7 Å². The Bertz CT molecular complexity index is 1080. The number of carbonyl (C=O) groups excluding carboxylic acids is 1. The van der Waals surface area contributed by atoms with Crippen LogP contribution in [0.15, 0.2) is 6.07 Å². The molecular formula is C30H44N2O5. The van der Waals surface area contributed by atoms with E-state index in [1.165, 1.54) is 30.5 Å². The first-order valence-electron chi connectivity index (χ1n) is 14.4. The van der Waals surface area contributed by atoms with Gasteiger partial charge in [0.05, 0.1) is 6.61 Å². The molecule has 2 bridgehead atoms. The van der Waals surface area contributed by atoms with Crippen molar-refractivity contribution in [1.29, 1.82) is 0 Å². The van der Waals surface area contributed by atoms with Crippen LogP contribution in [0.5, 0.6) is 11.5 Å². The molecule has 0 aromatic heterocycles. The molecule has 6 rings (SSSR count). The molecule has 6 atom stereocenters. The maximum absolute atomic E-state index is 13.2. The van der Waals surface area contributed by atoms with E-state index >= 15 is 0 Å². The number of aromatic hydroxyl groups is 1. The summed E-state index contributed by atoms with van der Waals surface area (Å²) in [5.74, 6) is 1.83. The van der Waals surface area contributed by atoms with Gasteiger partial charge in [0.15, 0.2) is 11.5 Å². The number of rotatable bonds is 7. The van der Waals surface area contributed by atoms with Gasteiger partial charge in [-0.25, -0.2) is 0 Å². The monoisotopic (exact) mass is 512 g/mol. The van der Waals surface area contributed by atoms with Crippen molar-refractivity contribution in [3.8, 4) is 11.5 Å². The second-order valence-corrected chi connectivity index (χ2v) is 13.7. The molecule has 3 unspecified atom stereocenters. The molecule has 3 N–H and O–H groups in total. The molecule has 3 fully saturated rings. The Kier molecular flexibility index (Phi) is 6.09. The quantitative estimate of drug-likeness (QED) is 0.481. The number of likely N-dealkylation sites (tertiary alicyclic amines) is 1. The molecule has 1 spiro atoms. The Morgan fingerprint density at radius 3 is 2.68 bits per heavy atom. The van der Waals surface area contributed by atoms with Crippen LogP contribution in [0.3, 0.4) is 0 Å². The van der Waals surface area contributed by atoms with Gasteiger partial charge in [0, 0.05) is 35.2 Å². The van der Waals surface area contributed by atoms with Gasteiger partial charge in [-0.3, -0.25) is 15.0 Å². The number of aliphatic hydroxyl groups is 1. The molecular weight excluding hydrogens is 468 g/mol. The van der Waals surface area contributed by atoms with E-state index in [1.54, 1.807) is 0 Å². The molecule has 204 valence electrons. The topological polar surface area (TPSA) is 91.3 Å². The molecule has 1 aromatic rings. The van der Waals surface area contributed by atoms with Crippen molar-refractivity contribution in [3.05, 3.63) is 22.8 Å². The summed E-state index contributed by atoms with van der Waals surface area (Å²) < 4.78 is 12.6. The Labute approximate surface area is 220 Å². The molecule has 2 aliphatic heterocycles. The van der Waals surface area contributed by atoms with E-state index in [0.29, 0.717) is 23.3 Å². The van der Waals surface area contributed by atoms with Crippen molar-refractivity contribution in [2.24, 2.45) is 17.8 Å². The fourth-order valence-corrected chi connectivity index (χ4v) is 8.04. The zero-order valence-corrected chi connectivity index (χ0v) is 23.0. The Morgan fingerprint density at radius 1 is 1.27 bits per heavy atom. The van der Waals surface area contributed by atoms with Crippen LogP contribution in [0.2, 0.25) is 0 Å². The minimum Gasteiger partial charge on any atom is -0.504 e. The number of hydrogen-bond acceptors (Lipinski definition) is 7. The molecule has 0 radical (unpaired) electrons. The van der Waals surface area contributed by atoms with Crippen molar-refractivity contribution in [2.75, 3.05) is 13.1 Å². The summed E-state index contributed by atoms with van der Waals surface area (Å²) in [6.45, 7) is 11.9. The lowest BCUT2D eigenvalue weighted by atomic mass is 9.51. The average Bonchev–Trinajstić information content (AvgIpc) is 3.57. The Hall–Kier alpha value is -1.83. The van der Waals surface area contributed by atoms with Crippen molar-refractivity contribution >= 4 is 5.97 Å². The van der Waals surface area contributed by atoms with Gasteiger partial charge in [-0.05, 0) is 95.2 Å². The molecule has 3 aliphatic carbocycles. The maximum Gasteiger partial charge on any atom is 0.323 e. The molecule has 1 aromatic carbocycles. The fourth-order valence-electron chi connectivity index (χ4n) is 8.04. The summed E-state index contributed by atoms with van der Waals surface area (Å²) in [4.78, 5) is 16.0. The van der Waals surface area contributed by atoms with Gasteiger partial charge in [0.25, 0.3) is 0 Å². The summed E-state index contributed by atoms with van der Waals surface area (Å²) in [6, 6.07) is 2.03. The van der Waals surface area contributed by atoms with Crippen molar-refractivity contribution in [3.63, 3.8) is 0 Å². The first kappa shape index (κ1) is 25.4. The SMILES string of the molecule is CC(C)C(NC1CC[C@H]2[C@H]3Cc4cc(CO)c(O)c5c4[C@@]2(CCN3CC2CC2)C1O5)C(=O)OC(C)(C)C. The highest BCUT2D eigenvalue weighted by atomic mass is 16.6. The summed E-state index contributed by atoms with van der Waals surface area (Å²) in [6.07, 6.45) is 6.49. The normalized spacial score (nSPS) is 33.2. The predicted molar refractivity (Wildman–Crippen MR) is 141 cm³/mol. The highest BCUT2D eigenvalue weighted by Gasteiger charge is 2.66. The number of benzene rings is 1. The first-order chi connectivity index (χ1) is 17.5. The summed E-state index contributed by atoms with van der Waals surface area (Å²) in [5.41, 5.74) is 2.24. The lowest BCUT2D eigenvalue weighted by Crippen LogP contribution is -2.69. The maximum atomic E-state index is 13.2. The molecule has 2 heterocycles. The fraction of sp³-hybridized carbons (Fsp3) is 0.767. The summed E-state index contributed by atoms with van der Waals surface area (Å²) >= 11 is 0. The van der Waals surface area contributed by atoms with Crippen LogP contribution in [0, 0.1) is 17.8 Å². The number of nitrogens with one attached hydrogen (secondary N) is 1. The lowest BCUT2D eigenvalue weighted by Gasteiger charge is -2.60. The van der Waals surface area contributed by atoms with Gasteiger partial charge >= 0.3 is 5.97 Å². The molecule has 7 nitrogen and oxygen atoms in total. The van der Waals surface area contributed by atoms with Crippen molar-refractivity contribution in [1.82, 2.24) is 10.2 Å². The molecule has 5 aliphatic rings. The van der Waals surface area contributed by atoms with Crippen molar-refractivity contribution < 1.29 is 24.5 Å². The number of aliphatic hydroxyl groups excluding tert-OH is 1. The molecule has 7 heteroatoms. The summed E-state index contributed by atoms with van der Waals surface area (Å²) in [5, 5.41) is 24.9. The molecule has 1 saturated heterocycles. The average molecular weight is 513 g/mol. The van der Waals surface area contributed by atoms with Crippen molar-refractivity contribution in [2.45, 2.75) is 115 Å². The number of hydrogen-bond donors (Lipinski definition) is 3. The number of piperidine rings is 1. The van der Waals surface area contributed by atoms with E-state index in [9.17, 15) is 15.0 Å². The minimum atomic E-state index is -0.547. The third kappa shape index (κ3) is 4.07. The zero-order chi connectivity index (χ0) is 26.3. The number of phenols is 1. The third-order valence-corrected chi connectivity index (χ3v) is 9.71. The highest BCUT2D eigenvalue weighted by molar-refractivity contribution is 5.76. The van der Waals surface area contributed by atoms with Crippen LogP contribution in [-0.4, -0.2) is 64.0 Å². The highest BCUT2D eigenvalue weighted by Crippen LogP contribution is 2.64. The molecule has 0 amide bonds. The first-order valence-corrected chi connectivity index (χ1v) is 14.4. The van der Waals surface area contributed by atoms with E-state index in [1.807, 2.05) is 26.8 Å². The van der Waals surface area contributed by atoms with Gasteiger partial charge in [-0.15, -0.1) is 0 Å². The third-order valence-electron chi connectivity index (χ3n) is 9.71. The van der Waals surface area contributed by atoms with Crippen LogP contribution in [0.25, 0.3) is 0 Å². The van der Waals surface area contributed by atoms with Gasteiger partial charge in [-0.2, -0.15) is 0 Å². The smallest absolute Gasteiger partial charge is 0.323 e. The van der Waals surface area contributed by atoms with E-state index in [0.717, 1.165) is 38.1 Å². The number of nitrogens with zero attached hydrogens (tertiary/aromatic N) is 1. The van der Waals surface area contributed by atoms with E-state index in [4.69, 9.17) is 9.47 Å². The lowest BCUT2D eigenvalue weighted by molar-refractivity contribution is -0.159. The largest absolute Gasteiger partial charge is 0.504 e. The van der Waals surface area contributed by atoms with Gasteiger partial charge in [-0.1, -0.05) is 13.8 Å². The number of ether oxygens (including phenoxy) is 2. The number of esters is 1. The van der Waals surface area contributed by atoms with E-state index < -0.39 is 11.6 Å². The van der Waals surface area contributed by atoms with Crippen LogP contribution >= 0.6 is 0 Å². The predicted octanol–water partition coefficient (Wildman–Crippen LogP) is 3.66. The second kappa shape index (κ2) is 8.85.